The predicted molar refractivity (Wildman–Crippen MR) is 115 cm³/mol. The number of hydrogen-bond donors (Lipinski definition) is 1. The van der Waals surface area contributed by atoms with Crippen molar-refractivity contribution in [2.45, 2.75) is 19.5 Å². The minimum absolute atomic E-state index is 0.0517. The Morgan fingerprint density at radius 1 is 1.12 bits per heavy atom. The van der Waals surface area contributed by atoms with Gasteiger partial charge in [-0.15, -0.1) is 0 Å². The molecule has 1 unspecified atom stereocenters. The summed E-state index contributed by atoms with van der Waals surface area (Å²) < 4.78 is 14.2. The number of carbonyl (C=O) groups excluding carboxylic acids is 3. The van der Waals surface area contributed by atoms with Crippen LogP contribution < -0.4 is 4.90 Å². The molecular weight excluding hydrogens is 464 g/mol. The normalized spacial score (nSPS) is 16.0. The Balaban J connectivity index is 2.04. The van der Waals surface area contributed by atoms with E-state index in [0.29, 0.717) is 0 Å². The molecule has 1 atom stereocenters. The van der Waals surface area contributed by atoms with Gasteiger partial charge < -0.3 is 14.9 Å². The maximum absolute atomic E-state index is 14.2. The van der Waals surface area contributed by atoms with E-state index in [2.05, 4.69) is 0 Å². The molecule has 1 saturated heterocycles. The van der Waals surface area contributed by atoms with Gasteiger partial charge in [0.15, 0.2) is 0 Å². The van der Waals surface area contributed by atoms with Crippen LogP contribution in [0.3, 0.4) is 0 Å². The number of amides is 4. The number of aliphatic carboxylic acids is 1. The lowest BCUT2D eigenvalue weighted by Gasteiger charge is -2.26. The number of carbonyl (C=O) groups is 4. The Bertz CT molecular complexity index is 1130. The lowest BCUT2D eigenvalue weighted by atomic mass is 10.0. The van der Waals surface area contributed by atoms with Crippen molar-refractivity contribution in [3.8, 4) is 0 Å². The van der Waals surface area contributed by atoms with Gasteiger partial charge in [-0.2, -0.15) is 0 Å². The molecule has 1 heterocycles. The van der Waals surface area contributed by atoms with Crippen LogP contribution in [-0.2, 0) is 20.9 Å². The molecule has 0 aliphatic carbocycles. The SMILES string of the molecule is CC(=O)N(CC(=O)O)c1ccc(Cl)cc1C1C(=O)N(Cc2cc(Cl)ccc2F)C(=O)N1C. The van der Waals surface area contributed by atoms with E-state index < -0.39 is 42.2 Å². The fraction of sp³-hybridized carbons (Fsp3) is 0.238. The first-order chi connectivity index (χ1) is 15.0. The van der Waals surface area contributed by atoms with Crippen molar-refractivity contribution in [3.63, 3.8) is 0 Å². The summed E-state index contributed by atoms with van der Waals surface area (Å²) in [4.78, 5) is 52.5. The third-order valence-electron chi connectivity index (χ3n) is 5.00. The summed E-state index contributed by atoms with van der Waals surface area (Å²) in [6.45, 7) is 0.174. The monoisotopic (exact) mass is 481 g/mol. The number of nitrogens with zero attached hydrogens (tertiary/aromatic N) is 3. The van der Waals surface area contributed by atoms with Crippen molar-refractivity contribution in [2.75, 3.05) is 18.5 Å². The second kappa shape index (κ2) is 9.13. The molecule has 11 heteroatoms. The zero-order chi connectivity index (χ0) is 23.7. The molecule has 32 heavy (non-hydrogen) atoms. The van der Waals surface area contributed by atoms with Gasteiger partial charge in [-0.3, -0.25) is 19.3 Å². The van der Waals surface area contributed by atoms with Crippen LogP contribution in [0.2, 0.25) is 10.0 Å². The van der Waals surface area contributed by atoms with E-state index in [1.54, 1.807) is 0 Å². The number of benzene rings is 2. The smallest absolute Gasteiger partial charge is 0.327 e. The van der Waals surface area contributed by atoms with E-state index in [0.717, 1.165) is 20.8 Å². The molecule has 0 spiro atoms. The third kappa shape index (κ3) is 4.53. The van der Waals surface area contributed by atoms with E-state index in [9.17, 15) is 28.7 Å². The summed E-state index contributed by atoms with van der Waals surface area (Å²) in [5.41, 5.74) is 0.345. The number of anilines is 1. The molecule has 1 aliphatic rings. The lowest BCUT2D eigenvalue weighted by molar-refractivity contribution is -0.136. The highest BCUT2D eigenvalue weighted by Crippen LogP contribution is 2.38. The van der Waals surface area contributed by atoms with Crippen LogP contribution in [-0.4, -0.2) is 52.3 Å². The highest BCUT2D eigenvalue weighted by molar-refractivity contribution is 6.31. The predicted octanol–water partition coefficient (Wildman–Crippen LogP) is 3.71. The van der Waals surface area contributed by atoms with Crippen LogP contribution in [0, 0.1) is 5.82 Å². The Morgan fingerprint density at radius 2 is 1.75 bits per heavy atom. The Hall–Kier alpha value is -3.17. The Kier molecular flexibility index (Phi) is 6.71. The number of hydrogen-bond acceptors (Lipinski definition) is 4. The van der Waals surface area contributed by atoms with Gasteiger partial charge in [0.1, 0.15) is 18.4 Å². The van der Waals surface area contributed by atoms with E-state index >= 15 is 0 Å². The zero-order valence-corrected chi connectivity index (χ0v) is 18.5. The molecule has 1 aliphatic heterocycles. The minimum atomic E-state index is -1.26. The molecule has 4 amide bonds. The number of imide groups is 1. The molecule has 2 aromatic rings. The quantitative estimate of drug-likeness (QED) is 0.634. The van der Waals surface area contributed by atoms with Gasteiger partial charge >= 0.3 is 12.0 Å². The Morgan fingerprint density at radius 3 is 2.38 bits per heavy atom. The molecule has 1 N–H and O–H groups in total. The lowest BCUT2D eigenvalue weighted by Crippen LogP contribution is -2.36. The van der Waals surface area contributed by atoms with Gasteiger partial charge in [0, 0.05) is 35.1 Å². The van der Waals surface area contributed by atoms with Crippen molar-refractivity contribution in [1.82, 2.24) is 9.80 Å². The van der Waals surface area contributed by atoms with E-state index in [1.165, 1.54) is 44.3 Å². The topological polar surface area (TPSA) is 98.2 Å². The summed E-state index contributed by atoms with van der Waals surface area (Å²) in [5.74, 6) is -3.15. The molecule has 0 aromatic heterocycles. The van der Waals surface area contributed by atoms with Gasteiger partial charge in [-0.1, -0.05) is 23.2 Å². The van der Waals surface area contributed by atoms with Gasteiger partial charge in [0.2, 0.25) is 5.91 Å². The van der Waals surface area contributed by atoms with Crippen molar-refractivity contribution in [3.05, 3.63) is 63.4 Å². The molecule has 2 aromatic carbocycles. The first-order valence-corrected chi connectivity index (χ1v) is 10.1. The first kappa shape index (κ1) is 23.5. The number of carboxylic acids is 1. The largest absolute Gasteiger partial charge is 0.480 e. The van der Waals surface area contributed by atoms with Crippen LogP contribution in [0.25, 0.3) is 0 Å². The standard InChI is InChI=1S/C21H18Cl2FN3O5/c1-11(28)26(10-18(29)30)17-6-4-14(23)8-15(17)19-20(31)27(21(32)25(19)2)9-12-7-13(22)3-5-16(12)24/h3-8,19H,9-10H2,1-2H3,(H,29,30). The highest BCUT2D eigenvalue weighted by atomic mass is 35.5. The first-order valence-electron chi connectivity index (χ1n) is 9.32. The van der Waals surface area contributed by atoms with Crippen molar-refractivity contribution in [1.29, 1.82) is 0 Å². The van der Waals surface area contributed by atoms with Crippen molar-refractivity contribution < 1.29 is 28.7 Å². The van der Waals surface area contributed by atoms with Crippen LogP contribution in [0.4, 0.5) is 14.9 Å². The van der Waals surface area contributed by atoms with Gasteiger partial charge in [-0.05, 0) is 36.4 Å². The number of likely N-dealkylation sites (N-methyl/N-ethyl adjacent to an activating group) is 1. The molecule has 8 nitrogen and oxygen atoms in total. The summed E-state index contributed by atoms with van der Waals surface area (Å²) in [7, 11) is 1.37. The molecule has 1 fully saturated rings. The van der Waals surface area contributed by atoms with Crippen LogP contribution in [0.15, 0.2) is 36.4 Å². The van der Waals surface area contributed by atoms with E-state index in [1.807, 2.05) is 0 Å². The van der Waals surface area contributed by atoms with Crippen LogP contribution in [0.1, 0.15) is 24.1 Å². The van der Waals surface area contributed by atoms with Gasteiger partial charge in [0.25, 0.3) is 5.91 Å². The second-order valence-electron chi connectivity index (χ2n) is 7.16. The fourth-order valence-corrected chi connectivity index (χ4v) is 3.90. The molecule has 0 saturated carbocycles. The average Bonchev–Trinajstić information content (AvgIpc) is 2.92. The highest BCUT2D eigenvalue weighted by Gasteiger charge is 2.45. The summed E-state index contributed by atoms with van der Waals surface area (Å²) in [5, 5.41) is 9.66. The molecule has 3 rings (SSSR count). The van der Waals surface area contributed by atoms with Crippen LogP contribution in [0.5, 0.6) is 0 Å². The summed E-state index contributed by atoms with van der Waals surface area (Å²) in [6.07, 6.45) is 0. The zero-order valence-electron chi connectivity index (χ0n) is 17.0. The molecule has 168 valence electrons. The Labute approximate surface area is 192 Å². The molecule has 0 bridgehead atoms. The fourth-order valence-electron chi connectivity index (χ4n) is 3.52. The number of urea groups is 1. The summed E-state index contributed by atoms with van der Waals surface area (Å²) >= 11 is 12.0. The van der Waals surface area contributed by atoms with Gasteiger partial charge in [-0.25, -0.2) is 9.18 Å². The second-order valence-corrected chi connectivity index (χ2v) is 8.03. The van der Waals surface area contributed by atoms with Crippen molar-refractivity contribution >= 4 is 52.7 Å². The van der Waals surface area contributed by atoms with Crippen molar-refractivity contribution in [2.24, 2.45) is 0 Å². The van der Waals surface area contributed by atoms with E-state index in [-0.39, 0.29) is 33.4 Å². The molecular formula is C21H18Cl2FN3O5. The summed E-state index contributed by atoms with van der Waals surface area (Å²) in [6, 6.07) is 6.15. The number of rotatable bonds is 6. The van der Waals surface area contributed by atoms with Crippen LogP contribution >= 0.6 is 23.2 Å². The maximum Gasteiger partial charge on any atom is 0.327 e. The van der Waals surface area contributed by atoms with E-state index in [4.69, 9.17) is 23.2 Å². The minimum Gasteiger partial charge on any atom is -0.480 e. The molecule has 0 radical (unpaired) electrons. The number of carboxylic acid groups (broad SMARTS) is 1. The average molecular weight is 482 g/mol. The van der Waals surface area contributed by atoms with Gasteiger partial charge in [0.05, 0.1) is 12.2 Å². The number of halogens is 3. The maximum atomic E-state index is 14.2. The third-order valence-corrected chi connectivity index (χ3v) is 5.47.